The third kappa shape index (κ3) is 3.12. The number of pyridine rings is 1. The van der Waals surface area contributed by atoms with E-state index in [2.05, 4.69) is 4.98 Å². The lowest BCUT2D eigenvalue weighted by Gasteiger charge is -2.42. The number of aromatic nitrogens is 1. The lowest BCUT2D eigenvalue weighted by Crippen LogP contribution is -2.56. The number of carbonyl (C=O) groups is 1. The summed E-state index contributed by atoms with van der Waals surface area (Å²) in [5.41, 5.74) is 6.40. The van der Waals surface area contributed by atoms with E-state index in [9.17, 15) is 18.7 Å². The summed E-state index contributed by atoms with van der Waals surface area (Å²) >= 11 is 0. The van der Waals surface area contributed by atoms with E-state index in [1.54, 1.807) is 19.9 Å². The van der Waals surface area contributed by atoms with Gasteiger partial charge in [-0.2, -0.15) is 0 Å². The van der Waals surface area contributed by atoms with Gasteiger partial charge < -0.3 is 15.7 Å². The predicted molar refractivity (Wildman–Crippen MR) is 74.0 cm³/mol. The first-order chi connectivity index (χ1) is 9.75. The predicted octanol–water partition coefficient (Wildman–Crippen LogP) is 1.45. The number of hydrogen-bond donors (Lipinski definition) is 2. The van der Waals surface area contributed by atoms with Gasteiger partial charge in [-0.25, -0.2) is 13.8 Å². The number of halogens is 2. The van der Waals surface area contributed by atoms with Crippen molar-refractivity contribution in [3.8, 4) is 0 Å². The van der Waals surface area contributed by atoms with Crippen molar-refractivity contribution in [2.75, 3.05) is 18.9 Å². The number of amides is 1. The van der Waals surface area contributed by atoms with Crippen LogP contribution in [0.15, 0.2) is 12.1 Å². The van der Waals surface area contributed by atoms with Crippen LogP contribution in [0.2, 0.25) is 0 Å². The molecule has 1 aliphatic heterocycles. The molecule has 0 bridgehead atoms. The van der Waals surface area contributed by atoms with Crippen LogP contribution in [-0.4, -0.2) is 46.0 Å². The molecule has 1 aliphatic rings. The standard InChI is InChI=1S/C14H19F2N3O2/c1-8-5-14(15,16)7-19(11(8)6-20)13(21)12-10(17)4-3-9(2)18-12/h3-4,8,11,20H,5-7,17H2,1-2H3. The number of aliphatic hydroxyl groups excluding tert-OH is 1. The van der Waals surface area contributed by atoms with Gasteiger partial charge in [0.1, 0.15) is 0 Å². The zero-order valence-electron chi connectivity index (χ0n) is 12.0. The third-order valence-corrected chi connectivity index (χ3v) is 3.80. The van der Waals surface area contributed by atoms with Crippen LogP contribution in [0, 0.1) is 12.8 Å². The Morgan fingerprint density at radius 2 is 2.24 bits per heavy atom. The van der Waals surface area contributed by atoms with Crippen LogP contribution >= 0.6 is 0 Å². The van der Waals surface area contributed by atoms with E-state index < -0.39 is 30.3 Å². The van der Waals surface area contributed by atoms with Crippen LogP contribution in [0.3, 0.4) is 0 Å². The zero-order chi connectivity index (χ0) is 15.8. The van der Waals surface area contributed by atoms with E-state index in [1.165, 1.54) is 6.07 Å². The number of nitrogens with two attached hydrogens (primary N) is 1. The van der Waals surface area contributed by atoms with Crippen LogP contribution in [0.4, 0.5) is 14.5 Å². The molecule has 5 nitrogen and oxygen atoms in total. The summed E-state index contributed by atoms with van der Waals surface area (Å²) < 4.78 is 27.5. The second kappa shape index (κ2) is 5.55. The number of nitrogens with zero attached hydrogens (tertiary/aromatic N) is 2. The van der Waals surface area contributed by atoms with Gasteiger partial charge in [-0.3, -0.25) is 4.79 Å². The monoisotopic (exact) mass is 299 g/mol. The summed E-state index contributed by atoms with van der Waals surface area (Å²) in [6.07, 6.45) is -0.348. The Bertz CT molecular complexity index is 551. The highest BCUT2D eigenvalue weighted by Crippen LogP contribution is 2.35. The quantitative estimate of drug-likeness (QED) is 0.866. The molecule has 1 saturated heterocycles. The van der Waals surface area contributed by atoms with E-state index in [0.29, 0.717) is 5.69 Å². The summed E-state index contributed by atoms with van der Waals surface area (Å²) in [4.78, 5) is 17.6. The molecule has 1 aromatic rings. The molecule has 2 rings (SSSR count). The molecular formula is C14H19F2N3O2. The minimum absolute atomic E-state index is 0.0432. The maximum absolute atomic E-state index is 13.7. The molecule has 0 spiro atoms. The molecule has 21 heavy (non-hydrogen) atoms. The molecular weight excluding hydrogens is 280 g/mol. The molecule has 7 heteroatoms. The Morgan fingerprint density at radius 1 is 1.57 bits per heavy atom. The minimum Gasteiger partial charge on any atom is -0.397 e. The lowest BCUT2D eigenvalue weighted by molar-refractivity contribution is -0.0992. The topological polar surface area (TPSA) is 79.5 Å². The van der Waals surface area contributed by atoms with E-state index in [4.69, 9.17) is 5.73 Å². The molecule has 3 N–H and O–H groups in total. The average Bonchev–Trinajstić information content (AvgIpc) is 2.39. The molecule has 2 unspecified atom stereocenters. The van der Waals surface area contributed by atoms with Gasteiger partial charge in [-0.15, -0.1) is 0 Å². The molecule has 1 aromatic heterocycles. The number of alkyl halides is 2. The maximum Gasteiger partial charge on any atom is 0.275 e. The molecule has 116 valence electrons. The van der Waals surface area contributed by atoms with Gasteiger partial charge in [0.15, 0.2) is 5.69 Å². The molecule has 0 saturated carbocycles. The number of aliphatic hydroxyl groups is 1. The van der Waals surface area contributed by atoms with Gasteiger partial charge in [0, 0.05) is 12.1 Å². The van der Waals surface area contributed by atoms with Crippen molar-refractivity contribution in [1.82, 2.24) is 9.88 Å². The Kier molecular flexibility index (Phi) is 4.13. The Morgan fingerprint density at radius 3 is 2.86 bits per heavy atom. The molecule has 0 radical (unpaired) electrons. The SMILES string of the molecule is Cc1ccc(N)c(C(=O)N2CC(F)(F)CC(C)C2CO)n1. The number of nitrogen functional groups attached to an aromatic ring is 1. The number of likely N-dealkylation sites (tertiary alicyclic amines) is 1. The second-order valence-electron chi connectivity index (χ2n) is 5.61. The average molecular weight is 299 g/mol. The Labute approximate surface area is 121 Å². The van der Waals surface area contributed by atoms with Crippen molar-refractivity contribution < 1.29 is 18.7 Å². The van der Waals surface area contributed by atoms with Crippen molar-refractivity contribution in [2.24, 2.45) is 5.92 Å². The number of rotatable bonds is 2. The Hall–Kier alpha value is -1.76. The first kappa shape index (κ1) is 15.6. The molecule has 0 aliphatic carbocycles. The molecule has 1 fully saturated rings. The van der Waals surface area contributed by atoms with Crippen LogP contribution in [0.1, 0.15) is 29.5 Å². The maximum atomic E-state index is 13.7. The molecule has 2 atom stereocenters. The summed E-state index contributed by atoms with van der Waals surface area (Å²) in [7, 11) is 0. The van der Waals surface area contributed by atoms with Crippen molar-refractivity contribution >= 4 is 11.6 Å². The van der Waals surface area contributed by atoms with E-state index >= 15 is 0 Å². The number of aryl methyl sites for hydroxylation is 1. The first-order valence-electron chi connectivity index (χ1n) is 6.78. The normalized spacial score (nSPS) is 24.9. The van der Waals surface area contributed by atoms with Crippen molar-refractivity contribution in [2.45, 2.75) is 32.2 Å². The number of carbonyl (C=O) groups excluding carboxylic acids is 1. The van der Waals surface area contributed by atoms with Gasteiger partial charge >= 0.3 is 0 Å². The van der Waals surface area contributed by atoms with Gasteiger partial charge in [-0.1, -0.05) is 6.92 Å². The van der Waals surface area contributed by atoms with E-state index in [-0.39, 0.29) is 24.4 Å². The Balaban J connectivity index is 2.37. The van der Waals surface area contributed by atoms with Gasteiger partial charge in [0.05, 0.1) is 24.9 Å². The van der Waals surface area contributed by atoms with Crippen LogP contribution < -0.4 is 5.73 Å². The largest absolute Gasteiger partial charge is 0.397 e. The highest BCUT2D eigenvalue weighted by molar-refractivity contribution is 5.97. The van der Waals surface area contributed by atoms with Crippen LogP contribution in [0.5, 0.6) is 0 Å². The lowest BCUT2D eigenvalue weighted by atomic mass is 9.88. The van der Waals surface area contributed by atoms with E-state index in [0.717, 1.165) is 4.90 Å². The fourth-order valence-electron chi connectivity index (χ4n) is 2.72. The smallest absolute Gasteiger partial charge is 0.275 e. The van der Waals surface area contributed by atoms with Crippen LogP contribution in [0.25, 0.3) is 0 Å². The van der Waals surface area contributed by atoms with Gasteiger partial charge in [-0.05, 0) is 25.0 Å². The summed E-state index contributed by atoms with van der Waals surface area (Å²) in [6, 6.07) is 2.51. The summed E-state index contributed by atoms with van der Waals surface area (Å²) in [5, 5.41) is 9.43. The van der Waals surface area contributed by atoms with Crippen molar-refractivity contribution in [3.05, 3.63) is 23.5 Å². The summed E-state index contributed by atoms with van der Waals surface area (Å²) in [6.45, 7) is 2.19. The molecule has 2 heterocycles. The van der Waals surface area contributed by atoms with Crippen molar-refractivity contribution in [1.29, 1.82) is 0 Å². The first-order valence-corrected chi connectivity index (χ1v) is 6.78. The fraction of sp³-hybridized carbons (Fsp3) is 0.571. The highest BCUT2D eigenvalue weighted by Gasteiger charge is 2.46. The van der Waals surface area contributed by atoms with Crippen LogP contribution in [-0.2, 0) is 0 Å². The molecule has 1 amide bonds. The zero-order valence-corrected chi connectivity index (χ0v) is 12.0. The number of anilines is 1. The highest BCUT2D eigenvalue weighted by atomic mass is 19.3. The number of piperidine rings is 1. The number of hydrogen-bond acceptors (Lipinski definition) is 4. The minimum atomic E-state index is -2.97. The van der Waals surface area contributed by atoms with Gasteiger partial charge in [0.25, 0.3) is 11.8 Å². The fourth-order valence-corrected chi connectivity index (χ4v) is 2.72. The van der Waals surface area contributed by atoms with Gasteiger partial charge in [0.2, 0.25) is 0 Å². The van der Waals surface area contributed by atoms with Crippen molar-refractivity contribution in [3.63, 3.8) is 0 Å². The third-order valence-electron chi connectivity index (χ3n) is 3.80. The molecule has 0 aromatic carbocycles. The van der Waals surface area contributed by atoms with E-state index in [1.807, 2.05) is 0 Å². The second-order valence-corrected chi connectivity index (χ2v) is 5.61. The summed E-state index contributed by atoms with van der Waals surface area (Å²) in [5.74, 6) is -4.14.